The number of aryl methyl sites for hydroxylation is 1. The maximum absolute atomic E-state index is 13.8. The zero-order chi connectivity index (χ0) is 18.4. The fourth-order valence-electron chi connectivity index (χ4n) is 2.57. The summed E-state index contributed by atoms with van der Waals surface area (Å²) in [5.74, 6) is 1.35. The van der Waals surface area contributed by atoms with E-state index in [0.717, 1.165) is 11.3 Å². The molecule has 0 bridgehead atoms. The predicted molar refractivity (Wildman–Crippen MR) is 99.2 cm³/mol. The lowest BCUT2D eigenvalue weighted by Crippen LogP contribution is -2.42. The number of hydrogen-bond donors (Lipinski definition) is 2. The van der Waals surface area contributed by atoms with Crippen LogP contribution in [-0.4, -0.2) is 38.5 Å². The van der Waals surface area contributed by atoms with Crippen molar-refractivity contribution in [2.75, 3.05) is 27.7 Å². The van der Waals surface area contributed by atoms with Gasteiger partial charge in [0.15, 0.2) is 5.96 Å². The van der Waals surface area contributed by atoms with Crippen molar-refractivity contribution < 1.29 is 8.81 Å². The molecule has 2 N–H and O–H groups in total. The number of hydrogen-bond acceptors (Lipinski definition) is 3. The minimum atomic E-state index is -0.195. The first-order valence-electron chi connectivity index (χ1n) is 8.35. The molecule has 2 aromatic rings. The average Bonchev–Trinajstić information content (AvgIpc) is 3.10. The fraction of sp³-hybridized carbons (Fsp3) is 0.421. The number of rotatable bonds is 6. The van der Waals surface area contributed by atoms with Crippen molar-refractivity contribution in [3.8, 4) is 0 Å². The molecule has 136 valence electrons. The molecule has 0 amide bonds. The van der Waals surface area contributed by atoms with Gasteiger partial charge in [0.2, 0.25) is 0 Å². The molecule has 0 aliphatic heterocycles. The highest BCUT2D eigenvalue weighted by Crippen LogP contribution is 2.18. The van der Waals surface area contributed by atoms with Crippen LogP contribution in [0.25, 0.3) is 0 Å². The summed E-state index contributed by atoms with van der Waals surface area (Å²) in [6.45, 7) is 4.37. The first-order valence-corrected chi connectivity index (χ1v) is 8.35. The number of halogens is 1. The lowest BCUT2D eigenvalue weighted by Gasteiger charge is -2.25. The molecule has 2 atom stereocenters. The van der Waals surface area contributed by atoms with Crippen molar-refractivity contribution in [2.24, 2.45) is 4.99 Å². The average molecular weight is 346 g/mol. The predicted octanol–water partition coefficient (Wildman–Crippen LogP) is 3.26. The van der Waals surface area contributed by atoms with E-state index in [4.69, 9.17) is 4.42 Å². The van der Waals surface area contributed by atoms with Crippen molar-refractivity contribution in [1.29, 1.82) is 0 Å². The molecule has 0 saturated carbocycles. The Kier molecular flexibility index (Phi) is 6.58. The summed E-state index contributed by atoms with van der Waals surface area (Å²) in [6.07, 6.45) is 1.67. The molecule has 0 spiro atoms. The van der Waals surface area contributed by atoms with E-state index in [0.29, 0.717) is 18.1 Å². The second-order valence-corrected chi connectivity index (χ2v) is 6.32. The summed E-state index contributed by atoms with van der Waals surface area (Å²) < 4.78 is 19.3. The molecule has 2 rings (SSSR count). The molecule has 5 nitrogen and oxygen atoms in total. The van der Waals surface area contributed by atoms with E-state index in [9.17, 15) is 4.39 Å². The van der Waals surface area contributed by atoms with Crippen LogP contribution in [0.5, 0.6) is 0 Å². The Hall–Kier alpha value is -2.34. The normalized spacial score (nSPS) is 14.4. The van der Waals surface area contributed by atoms with Crippen LogP contribution in [0.3, 0.4) is 0 Å². The number of benzene rings is 1. The van der Waals surface area contributed by atoms with E-state index in [1.807, 2.05) is 39.2 Å². The highest BCUT2D eigenvalue weighted by Gasteiger charge is 2.18. The summed E-state index contributed by atoms with van der Waals surface area (Å²) >= 11 is 0. The lowest BCUT2D eigenvalue weighted by atomic mass is 10.1. The number of nitrogens with one attached hydrogen (secondary N) is 2. The maximum atomic E-state index is 13.8. The Balaban J connectivity index is 1.99. The highest BCUT2D eigenvalue weighted by molar-refractivity contribution is 5.80. The summed E-state index contributed by atoms with van der Waals surface area (Å²) in [4.78, 5) is 6.34. The SMILES string of the molecule is CN=C(NCC(c1ccco1)N(C)C)NC(C)c1ccc(C)c(F)c1. The smallest absolute Gasteiger partial charge is 0.191 e. The Labute approximate surface area is 148 Å². The number of nitrogens with zero attached hydrogens (tertiary/aromatic N) is 2. The van der Waals surface area contributed by atoms with Crippen LogP contribution in [0.4, 0.5) is 4.39 Å². The third-order valence-electron chi connectivity index (χ3n) is 4.23. The van der Waals surface area contributed by atoms with Crippen molar-refractivity contribution in [1.82, 2.24) is 15.5 Å². The second-order valence-electron chi connectivity index (χ2n) is 6.32. The van der Waals surface area contributed by atoms with Gasteiger partial charge >= 0.3 is 0 Å². The van der Waals surface area contributed by atoms with Crippen molar-refractivity contribution in [3.63, 3.8) is 0 Å². The molecular weight excluding hydrogens is 319 g/mol. The standard InChI is InChI=1S/C19H27FN4O/c1-13-8-9-15(11-16(13)20)14(2)23-19(21-3)22-12-17(24(4)5)18-7-6-10-25-18/h6-11,14,17H,12H2,1-5H3,(H2,21,22,23). The van der Waals surface area contributed by atoms with E-state index in [-0.39, 0.29) is 17.9 Å². The largest absolute Gasteiger partial charge is 0.468 e. The van der Waals surface area contributed by atoms with Gasteiger partial charge < -0.3 is 15.1 Å². The van der Waals surface area contributed by atoms with Gasteiger partial charge in [-0.1, -0.05) is 12.1 Å². The summed E-state index contributed by atoms with van der Waals surface area (Å²) in [6, 6.07) is 9.13. The number of aliphatic imine (C=N–C) groups is 1. The number of likely N-dealkylation sites (N-methyl/N-ethyl adjacent to an activating group) is 1. The van der Waals surface area contributed by atoms with Crippen molar-refractivity contribution in [2.45, 2.75) is 25.9 Å². The van der Waals surface area contributed by atoms with Crippen LogP contribution in [0.15, 0.2) is 46.0 Å². The van der Waals surface area contributed by atoms with Gasteiger partial charge in [-0.05, 0) is 57.3 Å². The fourth-order valence-corrected chi connectivity index (χ4v) is 2.57. The van der Waals surface area contributed by atoms with Gasteiger partial charge in [-0.2, -0.15) is 0 Å². The quantitative estimate of drug-likeness (QED) is 0.623. The minimum Gasteiger partial charge on any atom is -0.468 e. The first kappa shape index (κ1) is 19.0. The molecular formula is C19H27FN4O. The molecule has 1 heterocycles. The molecule has 1 aromatic heterocycles. The van der Waals surface area contributed by atoms with Crippen LogP contribution in [0.2, 0.25) is 0 Å². The highest BCUT2D eigenvalue weighted by atomic mass is 19.1. The molecule has 25 heavy (non-hydrogen) atoms. The third kappa shape index (κ3) is 5.06. The van der Waals surface area contributed by atoms with Crippen LogP contribution in [0.1, 0.15) is 35.9 Å². The van der Waals surface area contributed by atoms with Gasteiger partial charge in [0.1, 0.15) is 11.6 Å². The summed E-state index contributed by atoms with van der Waals surface area (Å²) in [5.41, 5.74) is 1.52. The van der Waals surface area contributed by atoms with Crippen LogP contribution < -0.4 is 10.6 Å². The van der Waals surface area contributed by atoms with Gasteiger partial charge in [-0.25, -0.2) is 4.39 Å². The van der Waals surface area contributed by atoms with E-state index in [1.165, 1.54) is 0 Å². The zero-order valence-electron chi connectivity index (χ0n) is 15.5. The number of guanidine groups is 1. The maximum Gasteiger partial charge on any atom is 0.191 e. The minimum absolute atomic E-state index is 0.0669. The monoisotopic (exact) mass is 346 g/mol. The van der Waals surface area contributed by atoms with Crippen LogP contribution in [0, 0.1) is 12.7 Å². The molecule has 0 fully saturated rings. The van der Waals surface area contributed by atoms with Crippen LogP contribution in [-0.2, 0) is 0 Å². The van der Waals surface area contributed by atoms with Crippen molar-refractivity contribution >= 4 is 5.96 Å². The van der Waals surface area contributed by atoms with E-state index in [1.54, 1.807) is 32.4 Å². The zero-order valence-corrected chi connectivity index (χ0v) is 15.5. The van der Waals surface area contributed by atoms with Gasteiger partial charge in [-0.3, -0.25) is 9.89 Å². The second kappa shape index (κ2) is 8.67. The van der Waals surface area contributed by atoms with E-state index in [2.05, 4.69) is 20.5 Å². The summed E-state index contributed by atoms with van der Waals surface area (Å²) in [5, 5.41) is 6.60. The Morgan fingerprint density at radius 1 is 1.32 bits per heavy atom. The topological polar surface area (TPSA) is 52.8 Å². The Bertz CT molecular complexity index is 697. The van der Waals surface area contributed by atoms with E-state index < -0.39 is 0 Å². The van der Waals surface area contributed by atoms with Gasteiger partial charge in [0, 0.05) is 13.6 Å². The van der Waals surface area contributed by atoms with Gasteiger partial charge in [-0.15, -0.1) is 0 Å². The number of furan rings is 1. The molecule has 0 aliphatic carbocycles. The molecule has 0 saturated heterocycles. The molecule has 0 radical (unpaired) electrons. The molecule has 1 aromatic carbocycles. The third-order valence-corrected chi connectivity index (χ3v) is 4.23. The van der Waals surface area contributed by atoms with Crippen LogP contribution >= 0.6 is 0 Å². The van der Waals surface area contributed by atoms with Crippen molar-refractivity contribution in [3.05, 3.63) is 59.3 Å². The molecule has 6 heteroatoms. The van der Waals surface area contributed by atoms with Gasteiger partial charge in [0.05, 0.1) is 18.3 Å². The van der Waals surface area contributed by atoms with E-state index >= 15 is 0 Å². The Morgan fingerprint density at radius 3 is 2.64 bits per heavy atom. The molecule has 0 aliphatic rings. The molecule has 2 unspecified atom stereocenters. The Morgan fingerprint density at radius 2 is 2.08 bits per heavy atom. The lowest BCUT2D eigenvalue weighted by molar-refractivity contribution is 0.258. The summed E-state index contributed by atoms with van der Waals surface area (Å²) in [7, 11) is 5.72. The first-order chi connectivity index (χ1) is 11.9. The van der Waals surface area contributed by atoms with Gasteiger partial charge in [0.25, 0.3) is 0 Å².